The average molecular weight is 368 g/mol. The van der Waals surface area contributed by atoms with Crippen LogP contribution in [0.3, 0.4) is 0 Å². The lowest BCUT2D eigenvalue weighted by Crippen LogP contribution is -2.10. The first-order valence-electron chi connectivity index (χ1n) is 9.48. The number of H-pyrrole nitrogens is 1. The Morgan fingerprint density at radius 1 is 0.786 bits per heavy atom. The van der Waals surface area contributed by atoms with E-state index >= 15 is 0 Å². The molecule has 0 aliphatic heterocycles. The monoisotopic (exact) mass is 368 g/mol. The molecule has 4 aromatic rings. The number of phenols is 1. The zero-order chi connectivity index (χ0) is 19.7. The van der Waals surface area contributed by atoms with Gasteiger partial charge in [0.25, 0.3) is 0 Å². The van der Waals surface area contributed by atoms with Gasteiger partial charge in [0.1, 0.15) is 11.6 Å². The largest absolute Gasteiger partial charge is 0.507 e. The fourth-order valence-corrected chi connectivity index (χ4v) is 3.32. The molecule has 3 nitrogen and oxygen atoms in total. The Morgan fingerprint density at radius 2 is 1.39 bits per heavy atom. The summed E-state index contributed by atoms with van der Waals surface area (Å²) in [6.07, 6.45) is 0. The molecule has 0 aliphatic carbocycles. The lowest BCUT2D eigenvalue weighted by Gasteiger charge is -2.19. The van der Waals surface area contributed by atoms with E-state index in [0.717, 1.165) is 28.1 Å². The van der Waals surface area contributed by atoms with Gasteiger partial charge in [0.15, 0.2) is 0 Å². The first kappa shape index (κ1) is 18.1. The molecule has 0 atom stereocenters. The van der Waals surface area contributed by atoms with Crippen LogP contribution < -0.4 is 0 Å². The predicted molar refractivity (Wildman–Crippen MR) is 115 cm³/mol. The number of nitrogens with one attached hydrogen (secondary N) is 1. The number of hydrogen-bond donors (Lipinski definition) is 2. The van der Waals surface area contributed by atoms with Gasteiger partial charge in [0.2, 0.25) is 0 Å². The van der Waals surface area contributed by atoms with Gasteiger partial charge in [-0.15, -0.1) is 0 Å². The molecule has 0 amide bonds. The quantitative estimate of drug-likeness (QED) is 0.439. The number of rotatable bonds is 3. The summed E-state index contributed by atoms with van der Waals surface area (Å²) in [5.41, 5.74) is 5.69. The molecule has 0 saturated heterocycles. The highest BCUT2D eigenvalue weighted by atomic mass is 16.3. The summed E-state index contributed by atoms with van der Waals surface area (Å²) in [6.45, 7) is 6.40. The van der Waals surface area contributed by atoms with Crippen LogP contribution >= 0.6 is 0 Å². The summed E-state index contributed by atoms with van der Waals surface area (Å²) >= 11 is 0. The number of aromatic nitrogens is 2. The van der Waals surface area contributed by atoms with Gasteiger partial charge in [-0.2, -0.15) is 0 Å². The third kappa shape index (κ3) is 3.44. The van der Waals surface area contributed by atoms with Crippen LogP contribution in [-0.4, -0.2) is 15.1 Å². The molecule has 3 heteroatoms. The van der Waals surface area contributed by atoms with E-state index in [9.17, 15) is 5.11 Å². The minimum Gasteiger partial charge on any atom is -0.507 e. The highest BCUT2D eigenvalue weighted by Gasteiger charge is 2.19. The van der Waals surface area contributed by atoms with Gasteiger partial charge >= 0.3 is 0 Å². The summed E-state index contributed by atoms with van der Waals surface area (Å²) in [4.78, 5) is 8.30. The van der Waals surface area contributed by atoms with Crippen molar-refractivity contribution in [2.75, 3.05) is 0 Å². The molecule has 0 unspecified atom stereocenters. The van der Waals surface area contributed by atoms with Gasteiger partial charge in [-0.3, -0.25) is 0 Å². The summed E-state index contributed by atoms with van der Waals surface area (Å²) in [5.74, 6) is 0.899. The number of aromatic hydroxyl groups is 1. The maximum Gasteiger partial charge on any atom is 0.142 e. The second-order valence-electron chi connectivity index (χ2n) is 8.02. The summed E-state index contributed by atoms with van der Waals surface area (Å²) in [7, 11) is 0. The van der Waals surface area contributed by atoms with E-state index in [0.29, 0.717) is 11.4 Å². The Morgan fingerprint density at radius 3 is 1.96 bits per heavy atom. The van der Waals surface area contributed by atoms with Crippen LogP contribution in [0.25, 0.3) is 33.9 Å². The van der Waals surface area contributed by atoms with Crippen LogP contribution in [0.1, 0.15) is 26.3 Å². The van der Waals surface area contributed by atoms with Gasteiger partial charge in [0, 0.05) is 11.1 Å². The fourth-order valence-electron chi connectivity index (χ4n) is 3.32. The van der Waals surface area contributed by atoms with Crippen LogP contribution in [0.5, 0.6) is 5.75 Å². The van der Waals surface area contributed by atoms with Crippen molar-refractivity contribution in [3.05, 3.63) is 84.4 Å². The zero-order valence-corrected chi connectivity index (χ0v) is 16.4. The Labute approximate surface area is 165 Å². The van der Waals surface area contributed by atoms with E-state index < -0.39 is 0 Å². The molecule has 1 heterocycles. The topological polar surface area (TPSA) is 48.9 Å². The standard InChI is InChI=1S/C25H24N2O/c1-25(2,3)19-14-15-20(21(28)16-19)24-26-22(17-10-6-4-7-11-17)23(27-24)18-12-8-5-9-13-18/h4-16,28H,1-3H3,(H,26,27). The summed E-state index contributed by atoms with van der Waals surface area (Å²) in [5, 5.41) is 10.7. The van der Waals surface area contributed by atoms with Crippen LogP contribution in [-0.2, 0) is 5.41 Å². The Bertz CT molecular complexity index is 1030. The maximum atomic E-state index is 10.7. The number of nitrogens with zero attached hydrogens (tertiary/aromatic N) is 1. The van der Waals surface area contributed by atoms with Crippen molar-refractivity contribution in [2.45, 2.75) is 26.2 Å². The van der Waals surface area contributed by atoms with Gasteiger partial charge in [-0.1, -0.05) is 87.5 Å². The van der Waals surface area contributed by atoms with E-state index in [4.69, 9.17) is 4.98 Å². The Hall–Kier alpha value is -3.33. The number of hydrogen-bond acceptors (Lipinski definition) is 2. The van der Waals surface area contributed by atoms with Gasteiger partial charge in [0.05, 0.1) is 17.0 Å². The van der Waals surface area contributed by atoms with Crippen molar-refractivity contribution in [3.63, 3.8) is 0 Å². The van der Waals surface area contributed by atoms with E-state index in [1.54, 1.807) is 0 Å². The van der Waals surface area contributed by atoms with Gasteiger partial charge < -0.3 is 10.1 Å². The minimum absolute atomic E-state index is 0.0242. The molecule has 3 aromatic carbocycles. The third-order valence-electron chi connectivity index (χ3n) is 4.93. The lowest BCUT2D eigenvalue weighted by atomic mass is 9.86. The fraction of sp³-hybridized carbons (Fsp3) is 0.160. The highest BCUT2D eigenvalue weighted by Crippen LogP contribution is 2.37. The molecule has 2 N–H and O–H groups in total. The molecular formula is C25H24N2O. The molecule has 0 radical (unpaired) electrons. The van der Waals surface area contributed by atoms with Gasteiger partial charge in [-0.25, -0.2) is 4.98 Å². The molecular weight excluding hydrogens is 344 g/mol. The highest BCUT2D eigenvalue weighted by molar-refractivity contribution is 5.82. The molecule has 1 aromatic heterocycles. The molecule has 28 heavy (non-hydrogen) atoms. The second-order valence-corrected chi connectivity index (χ2v) is 8.02. The van der Waals surface area contributed by atoms with E-state index in [1.165, 1.54) is 0 Å². The number of imidazole rings is 1. The van der Waals surface area contributed by atoms with Crippen molar-refractivity contribution >= 4 is 0 Å². The molecule has 0 spiro atoms. The first-order chi connectivity index (χ1) is 13.4. The van der Waals surface area contributed by atoms with Crippen molar-refractivity contribution in [2.24, 2.45) is 0 Å². The predicted octanol–water partition coefficient (Wildman–Crippen LogP) is 6.41. The van der Waals surface area contributed by atoms with Crippen molar-refractivity contribution in [3.8, 4) is 39.7 Å². The Kier molecular flexibility index (Phi) is 4.52. The third-order valence-corrected chi connectivity index (χ3v) is 4.93. The van der Waals surface area contributed by atoms with Crippen molar-refractivity contribution < 1.29 is 5.11 Å². The van der Waals surface area contributed by atoms with Gasteiger partial charge in [-0.05, 0) is 23.1 Å². The molecule has 4 rings (SSSR count). The van der Waals surface area contributed by atoms with Crippen molar-refractivity contribution in [1.29, 1.82) is 0 Å². The van der Waals surface area contributed by atoms with E-state index in [-0.39, 0.29) is 11.2 Å². The summed E-state index contributed by atoms with van der Waals surface area (Å²) in [6, 6.07) is 26.1. The molecule has 140 valence electrons. The summed E-state index contributed by atoms with van der Waals surface area (Å²) < 4.78 is 0. The van der Waals surface area contributed by atoms with Crippen molar-refractivity contribution in [1.82, 2.24) is 9.97 Å². The molecule has 0 saturated carbocycles. The smallest absolute Gasteiger partial charge is 0.142 e. The van der Waals surface area contributed by atoms with E-state index in [1.807, 2.05) is 48.5 Å². The van der Waals surface area contributed by atoms with Crippen LogP contribution in [0.2, 0.25) is 0 Å². The maximum absolute atomic E-state index is 10.7. The van der Waals surface area contributed by atoms with E-state index in [2.05, 4.69) is 56.1 Å². The second kappa shape index (κ2) is 7.01. The normalized spacial score (nSPS) is 11.5. The first-order valence-corrected chi connectivity index (χ1v) is 9.48. The van der Waals surface area contributed by atoms with Crippen LogP contribution in [0, 0.1) is 0 Å². The number of aromatic amines is 1. The van der Waals surface area contributed by atoms with Crippen LogP contribution in [0.15, 0.2) is 78.9 Å². The Balaban J connectivity index is 1.87. The average Bonchev–Trinajstić information content (AvgIpc) is 3.14. The number of phenolic OH excluding ortho intramolecular Hbond substituents is 1. The molecule has 0 bridgehead atoms. The minimum atomic E-state index is -0.0242. The number of benzene rings is 3. The zero-order valence-electron chi connectivity index (χ0n) is 16.4. The molecule has 0 aliphatic rings. The SMILES string of the molecule is CC(C)(C)c1ccc(-c2nc(-c3ccccc3)c(-c3ccccc3)[nH]2)c(O)c1. The lowest BCUT2D eigenvalue weighted by molar-refractivity contribution is 0.472. The van der Waals surface area contributed by atoms with Crippen LogP contribution in [0.4, 0.5) is 0 Å². The molecule has 0 fully saturated rings.